The van der Waals surface area contributed by atoms with Crippen LogP contribution in [0, 0.1) is 11.3 Å². The number of nitrogens with one attached hydrogen (secondary N) is 1. The Morgan fingerprint density at radius 3 is 2.63 bits per heavy atom. The molecular weight excluding hydrogens is 328 g/mol. The SMILES string of the molecule is Nc1ccc(Br)c(S(=O)(=O)NCC2(C3CC3)CC2)c1. The van der Waals surface area contributed by atoms with Gasteiger partial charge in [0.15, 0.2) is 0 Å². The minimum atomic E-state index is -3.49. The number of hydrogen-bond donors (Lipinski definition) is 2. The third kappa shape index (κ3) is 2.66. The van der Waals surface area contributed by atoms with Crippen molar-refractivity contribution in [1.29, 1.82) is 0 Å². The quantitative estimate of drug-likeness (QED) is 0.806. The van der Waals surface area contributed by atoms with Crippen molar-refractivity contribution < 1.29 is 8.42 Å². The summed E-state index contributed by atoms with van der Waals surface area (Å²) in [6, 6.07) is 4.83. The predicted molar refractivity (Wildman–Crippen MR) is 78.1 cm³/mol. The van der Waals surface area contributed by atoms with Crippen molar-refractivity contribution in [3.05, 3.63) is 22.7 Å². The highest BCUT2D eigenvalue weighted by atomic mass is 79.9. The van der Waals surface area contributed by atoms with Gasteiger partial charge in [-0.1, -0.05) is 0 Å². The summed E-state index contributed by atoms with van der Waals surface area (Å²) in [6.45, 7) is 0.557. The van der Waals surface area contributed by atoms with E-state index < -0.39 is 10.0 Å². The smallest absolute Gasteiger partial charge is 0.241 e. The molecule has 0 spiro atoms. The Balaban J connectivity index is 1.77. The zero-order valence-corrected chi connectivity index (χ0v) is 12.9. The maximum atomic E-state index is 12.3. The van der Waals surface area contributed by atoms with Gasteiger partial charge in [0.25, 0.3) is 0 Å². The molecular formula is C13H17BrN2O2S. The second-order valence-electron chi connectivity index (χ2n) is 5.65. The number of sulfonamides is 1. The van der Waals surface area contributed by atoms with Crippen LogP contribution in [0.1, 0.15) is 25.7 Å². The molecule has 1 aromatic rings. The summed E-state index contributed by atoms with van der Waals surface area (Å²) in [6.07, 6.45) is 4.81. The van der Waals surface area contributed by atoms with E-state index in [9.17, 15) is 8.42 Å². The second kappa shape index (κ2) is 4.46. The Hall–Kier alpha value is -0.590. The Labute approximate surface area is 121 Å². The zero-order chi connectivity index (χ0) is 13.7. The average molecular weight is 345 g/mol. The lowest BCUT2D eigenvalue weighted by molar-refractivity contribution is 0.432. The van der Waals surface area contributed by atoms with Crippen LogP contribution in [0.5, 0.6) is 0 Å². The summed E-state index contributed by atoms with van der Waals surface area (Å²) in [7, 11) is -3.49. The van der Waals surface area contributed by atoms with Gasteiger partial charge in [-0.2, -0.15) is 0 Å². The van der Waals surface area contributed by atoms with E-state index in [1.165, 1.54) is 18.9 Å². The molecule has 0 saturated heterocycles. The first-order chi connectivity index (χ1) is 8.93. The lowest BCUT2D eigenvalue weighted by Gasteiger charge is -2.16. The standard InChI is InChI=1S/C13H17BrN2O2S/c14-11-4-3-10(15)7-12(11)19(17,18)16-8-13(5-6-13)9-1-2-9/h3-4,7,9,16H,1-2,5-6,8,15H2. The lowest BCUT2D eigenvalue weighted by Crippen LogP contribution is -2.31. The van der Waals surface area contributed by atoms with Crippen molar-refractivity contribution in [1.82, 2.24) is 4.72 Å². The van der Waals surface area contributed by atoms with Gasteiger partial charge < -0.3 is 5.73 Å². The third-order valence-electron chi connectivity index (χ3n) is 4.19. The normalized spacial score (nSPS) is 21.3. The monoisotopic (exact) mass is 344 g/mol. The van der Waals surface area contributed by atoms with Crippen LogP contribution in [0.4, 0.5) is 5.69 Å². The predicted octanol–water partition coefficient (Wildman–Crippen LogP) is 2.50. The van der Waals surface area contributed by atoms with Crippen molar-refractivity contribution in [2.75, 3.05) is 12.3 Å². The van der Waals surface area contributed by atoms with Crippen molar-refractivity contribution >= 4 is 31.6 Å². The molecule has 2 fully saturated rings. The summed E-state index contributed by atoms with van der Waals surface area (Å²) in [5, 5.41) is 0. The topological polar surface area (TPSA) is 72.2 Å². The Morgan fingerprint density at radius 1 is 1.37 bits per heavy atom. The van der Waals surface area contributed by atoms with Gasteiger partial charge in [0.2, 0.25) is 10.0 Å². The highest BCUT2D eigenvalue weighted by Crippen LogP contribution is 2.60. The Bertz CT molecular complexity index is 607. The summed E-state index contributed by atoms with van der Waals surface area (Å²) in [5.41, 5.74) is 6.36. The Morgan fingerprint density at radius 2 is 2.05 bits per heavy atom. The molecule has 0 heterocycles. The number of nitrogens with two attached hydrogens (primary N) is 1. The molecule has 3 N–H and O–H groups in total. The molecule has 2 aliphatic carbocycles. The summed E-state index contributed by atoms with van der Waals surface area (Å²) in [5.74, 6) is 0.736. The number of halogens is 1. The van der Waals surface area contributed by atoms with E-state index in [4.69, 9.17) is 5.73 Å². The van der Waals surface area contributed by atoms with E-state index in [0.29, 0.717) is 16.7 Å². The highest BCUT2D eigenvalue weighted by Gasteiger charge is 2.53. The fourth-order valence-electron chi connectivity index (χ4n) is 2.63. The molecule has 0 atom stereocenters. The van der Waals surface area contributed by atoms with E-state index in [1.807, 2.05) is 0 Å². The molecule has 4 nitrogen and oxygen atoms in total. The van der Waals surface area contributed by atoms with Crippen molar-refractivity contribution in [2.45, 2.75) is 30.6 Å². The van der Waals surface area contributed by atoms with Crippen LogP contribution in [0.25, 0.3) is 0 Å². The molecule has 2 aliphatic rings. The lowest BCUT2D eigenvalue weighted by atomic mass is 10.0. The van der Waals surface area contributed by atoms with Crippen LogP contribution < -0.4 is 10.5 Å². The number of nitrogen functional groups attached to an aromatic ring is 1. The summed E-state index contributed by atoms with van der Waals surface area (Å²) < 4.78 is 28.0. The van der Waals surface area contributed by atoms with E-state index in [1.54, 1.807) is 12.1 Å². The van der Waals surface area contributed by atoms with Crippen LogP contribution in [0.3, 0.4) is 0 Å². The van der Waals surface area contributed by atoms with E-state index in [-0.39, 0.29) is 10.3 Å². The number of rotatable bonds is 5. The molecule has 2 saturated carbocycles. The number of anilines is 1. The molecule has 6 heteroatoms. The maximum Gasteiger partial charge on any atom is 0.241 e. The Kier molecular flexibility index (Phi) is 3.15. The average Bonchev–Trinajstić information content (AvgIpc) is 3.22. The highest BCUT2D eigenvalue weighted by molar-refractivity contribution is 9.10. The van der Waals surface area contributed by atoms with Gasteiger partial charge in [-0.05, 0) is 71.1 Å². The molecule has 0 aromatic heterocycles. The first-order valence-corrected chi connectivity index (χ1v) is 8.75. The van der Waals surface area contributed by atoms with Gasteiger partial charge in [-0.25, -0.2) is 13.1 Å². The molecule has 104 valence electrons. The van der Waals surface area contributed by atoms with Gasteiger partial charge in [0.1, 0.15) is 0 Å². The fraction of sp³-hybridized carbons (Fsp3) is 0.538. The molecule has 0 aliphatic heterocycles. The third-order valence-corrected chi connectivity index (χ3v) is 6.59. The minimum Gasteiger partial charge on any atom is -0.399 e. The molecule has 0 bridgehead atoms. The molecule has 0 radical (unpaired) electrons. The van der Waals surface area contributed by atoms with Crippen molar-refractivity contribution in [2.24, 2.45) is 11.3 Å². The first kappa shape index (κ1) is 13.4. The van der Waals surface area contributed by atoms with Crippen LogP contribution in [0.2, 0.25) is 0 Å². The van der Waals surface area contributed by atoms with Crippen LogP contribution >= 0.6 is 15.9 Å². The molecule has 3 rings (SSSR count). The number of hydrogen-bond acceptors (Lipinski definition) is 3. The largest absolute Gasteiger partial charge is 0.399 e. The van der Waals surface area contributed by atoms with Crippen molar-refractivity contribution in [3.63, 3.8) is 0 Å². The van der Waals surface area contributed by atoms with E-state index in [0.717, 1.165) is 18.8 Å². The maximum absolute atomic E-state index is 12.3. The number of benzene rings is 1. The summed E-state index contributed by atoms with van der Waals surface area (Å²) >= 11 is 3.27. The second-order valence-corrected chi connectivity index (χ2v) is 8.24. The fourth-order valence-corrected chi connectivity index (χ4v) is 4.76. The summed E-state index contributed by atoms with van der Waals surface area (Å²) in [4.78, 5) is 0.221. The van der Waals surface area contributed by atoms with Gasteiger partial charge in [0.05, 0.1) is 4.90 Å². The van der Waals surface area contributed by atoms with Crippen LogP contribution in [-0.4, -0.2) is 15.0 Å². The van der Waals surface area contributed by atoms with Crippen molar-refractivity contribution in [3.8, 4) is 0 Å². The van der Waals surface area contributed by atoms with Gasteiger partial charge >= 0.3 is 0 Å². The van der Waals surface area contributed by atoms with Gasteiger partial charge in [0, 0.05) is 16.7 Å². The van der Waals surface area contributed by atoms with E-state index in [2.05, 4.69) is 20.7 Å². The molecule has 19 heavy (non-hydrogen) atoms. The van der Waals surface area contributed by atoms with Gasteiger partial charge in [-0.15, -0.1) is 0 Å². The molecule has 1 aromatic carbocycles. The first-order valence-electron chi connectivity index (χ1n) is 6.48. The molecule has 0 amide bonds. The minimum absolute atomic E-state index is 0.221. The molecule has 0 unspecified atom stereocenters. The van der Waals surface area contributed by atoms with Gasteiger partial charge in [-0.3, -0.25) is 0 Å². The zero-order valence-electron chi connectivity index (χ0n) is 10.5. The van der Waals surface area contributed by atoms with Crippen LogP contribution in [-0.2, 0) is 10.0 Å². The van der Waals surface area contributed by atoms with Crippen LogP contribution in [0.15, 0.2) is 27.6 Å². The van der Waals surface area contributed by atoms with E-state index >= 15 is 0 Å².